The molecule has 0 aromatic heterocycles. The lowest BCUT2D eigenvalue weighted by Gasteiger charge is -2.26. The van der Waals surface area contributed by atoms with Gasteiger partial charge in [0.25, 0.3) is 5.91 Å². The second-order valence-corrected chi connectivity index (χ2v) is 6.99. The fourth-order valence-corrected chi connectivity index (χ4v) is 3.11. The van der Waals surface area contributed by atoms with Gasteiger partial charge in [-0.3, -0.25) is 9.80 Å². The Morgan fingerprint density at radius 3 is 2.57 bits per heavy atom. The minimum absolute atomic E-state index is 0.0270. The van der Waals surface area contributed by atoms with Crippen molar-refractivity contribution in [2.45, 2.75) is 13.8 Å². The van der Waals surface area contributed by atoms with Crippen LogP contribution in [0.5, 0.6) is 11.5 Å². The molecule has 7 nitrogen and oxygen atoms in total. The van der Waals surface area contributed by atoms with Gasteiger partial charge in [-0.15, -0.1) is 0 Å². The van der Waals surface area contributed by atoms with Crippen LogP contribution in [0.25, 0.3) is 0 Å². The lowest BCUT2D eigenvalue weighted by Crippen LogP contribution is -2.43. The number of methoxy groups -OCH3 is 1. The molecule has 0 N–H and O–H groups in total. The molecule has 0 bridgehead atoms. The lowest BCUT2D eigenvalue weighted by molar-refractivity contribution is -0.137. The molecule has 1 amide bonds. The van der Waals surface area contributed by atoms with E-state index in [1.54, 1.807) is 24.3 Å². The van der Waals surface area contributed by atoms with Crippen LogP contribution in [0.1, 0.15) is 18.1 Å². The highest BCUT2D eigenvalue weighted by atomic mass is 16.5. The number of carbonyl (C=O) groups excluding carboxylic acids is 1. The largest absolute Gasteiger partial charge is 0.493 e. The summed E-state index contributed by atoms with van der Waals surface area (Å²) in [7, 11) is 1.58. The van der Waals surface area contributed by atoms with Crippen LogP contribution >= 0.6 is 0 Å². The van der Waals surface area contributed by atoms with Crippen LogP contribution < -0.4 is 14.5 Å². The fraction of sp³-hybridized carbons (Fsp3) is 0.391. The van der Waals surface area contributed by atoms with Crippen LogP contribution in [-0.4, -0.2) is 63.6 Å². The van der Waals surface area contributed by atoms with Crippen LogP contribution in [0, 0.1) is 6.92 Å². The number of hydrogen-bond donors (Lipinski definition) is 0. The van der Waals surface area contributed by atoms with E-state index in [0.29, 0.717) is 37.8 Å². The molecule has 0 atom stereocenters. The molecule has 3 rings (SSSR count). The monoisotopic (exact) mass is 411 g/mol. The number of morpholine rings is 1. The molecule has 0 spiro atoms. The van der Waals surface area contributed by atoms with E-state index in [-0.39, 0.29) is 12.5 Å². The molecule has 1 aliphatic heterocycles. The van der Waals surface area contributed by atoms with E-state index in [1.807, 2.05) is 17.1 Å². The highest BCUT2D eigenvalue weighted by Gasteiger charge is 2.18. The van der Waals surface area contributed by atoms with Crippen molar-refractivity contribution in [2.75, 3.05) is 51.6 Å². The summed E-state index contributed by atoms with van der Waals surface area (Å²) >= 11 is 0. The molecule has 30 heavy (non-hydrogen) atoms. The number of amides is 1. The number of ether oxygens (including phenoxy) is 3. The van der Waals surface area contributed by atoms with Crippen molar-refractivity contribution in [1.82, 2.24) is 4.90 Å². The van der Waals surface area contributed by atoms with E-state index in [0.717, 1.165) is 17.8 Å². The van der Waals surface area contributed by atoms with E-state index in [4.69, 9.17) is 14.2 Å². The van der Waals surface area contributed by atoms with Gasteiger partial charge in [0.05, 0.1) is 32.2 Å². The van der Waals surface area contributed by atoms with Gasteiger partial charge in [0.15, 0.2) is 18.1 Å². The molecule has 1 heterocycles. The average Bonchev–Trinajstić information content (AvgIpc) is 2.79. The van der Waals surface area contributed by atoms with E-state index in [1.165, 1.54) is 5.56 Å². The average molecular weight is 412 g/mol. The highest BCUT2D eigenvalue weighted by Crippen LogP contribution is 2.28. The van der Waals surface area contributed by atoms with Gasteiger partial charge in [0.2, 0.25) is 0 Å². The molecule has 160 valence electrons. The van der Waals surface area contributed by atoms with Gasteiger partial charge in [-0.2, -0.15) is 5.10 Å². The predicted molar refractivity (Wildman–Crippen MR) is 118 cm³/mol. The van der Waals surface area contributed by atoms with E-state index in [2.05, 4.69) is 43.2 Å². The molecular weight excluding hydrogens is 382 g/mol. The zero-order chi connectivity index (χ0) is 21.3. The Hall–Kier alpha value is -3.06. The fourth-order valence-electron chi connectivity index (χ4n) is 3.11. The summed E-state index contributed by atoms with van der Waals surface area (Å²) in [6.45, 7) is 7.19. The van der Waals surface area contributed by atoms with Crippen molar-refractivity contribution in [3.05, 3.63) is 53.6 Å². The summed E-state index contributed by atoms with van der Waals surface area (Å²) in [6.07, 6.45) is 1.79. The Morgan fingerprint density at radius 1 is 1.17 bits per heavy atom. The Bertz CT molecular complexity index is 861. The Labute approximate surface area is 177 Å². The minimum atomic E-state index is -0.0531. The molecule has 0 radical (unpaired) electrons. The molecule has 0 aliphatic carbocycles. The van der Waals surface area contributed by atoms with Crippen molar-refractivity contribution >= 4 is 17.8 Å². The number of rotatable bonds is 8. The van der Waals surface area contributed by atoms with Gasteiger partial charge >= 0.3 is 0 Å². The first-order chi connectivity index (χ1) is 14.6. The zero-order valence-corrected chi connectivity index (χ0v) is 17.8. The summed E-state index contributed by atoms with van der Waals surface area (Å²) < 4.78 is 16.4. The maximum absolute atomic E-state index is 12.3. The third-order valence-electron chi connectivity index (χ3n) is 4.88. The molecule has 1 saturated heterocycles. The second-order valence-electron chi connectivity index (χ2n) is 6.99. The second kappa shape index (κ2) is 10.6. The maximum atomic E-state index is 12.3. The quantitative estimate of drug-likeness (QED) is 0.493. The SMILES string of the molecule is CCN(/N=C/c1ccc(OCC(=O)N2CCOCC2)c(OC)c1)c1ccc(C)cc1. The molecule has 2 aromatic carbocycles. The summed E-state index contributed by atoms with van der Waals surface area (Å²) in [5, 5.41) is 6.52. The Kier molecular flexibility index (Phi) is 7.68. The topological polar surface area (TPSA) is 63.6 Å². The van der Waals surface area contributed by atoms with Gasteiger partial charge < -0.3 is 19.1 Å². The van der Waals surface area contributed by atoms with Crippen LogP contribution in [0.3, 0.4) is 0 Å². The standard InChI is InChI=1S/C23H29N3O4/c1-4-26(20-8-5-18(2)6-9-20)24-16-19-7-10-21(22(15-19)28-3)30-17-23(27)25-11-13-29-14-12-25/h5-10,15-16H,4,11-14,17H2,1-3H3/b24-16+. The molecular formula is C23H29N3O4. The van der Waals surface area contributed by atoms with E-state index < -0.39 is 0 Å². The van der Waals surface area contributed by atoms with Gasteiger partial charge in [0, 0.05) is 19.6 Å². The van der Waals surface area contributed by atoms with Crippen molar-refractivity contribution in [1.29, 1.82) is 0 Å². The van der Waals surface area contributed by atoms with E-state index >= 15 is 0 Å². The zero-order valence-electron chi connectivity index (χ0n) is 17.8. The summed E-state index contributed by atoms with van der Waals surface area (Å²) in [6, 6.07) is 13.8. The van der Waals surface area contributed by atoms with Crippen molar-refractivity contribution in [3.63, 3.8) is 0 Å². The molecule has 0 saturated carbocycles. The van der Waals surface area contributed by atoms with Gasteiger partial charge in [-0.1, -0.05) is 17.7 Å². The van der Waals surface area contributed by atoms with Crippen molar-refractivity contribution in [2.24, 2.45) is 5.10 Å². The highest BCUT2D eigenvalue weighted by molar-refractivity contribution is 5.82. The molecule has 0 unspecified atom stereocenters. The Balaban J connectivity index is 1.64. The number of aryl methyl sites for hydroxylation is 1. The molecule has 7 heteroatoms. The first kappa shape index (κ1) is 21.6. The molecule has 2 aromatic rings. The van der Waals surface area contributed by atoms with Crippen LogP contribution in [0.4, 0.5) is 5.69 Å². The maximum Gasteiger partial charge on any atom is 0.260 e. The number of anilines is 1. The van der Waals surface area contributed by atoms with Crippen molar-refractivity contribution in [3.8, 4) is 11.5 Å². The number of hydrogen-bond acceptors (Lipinski definition) is 6. The van der Waals surface area contributed by atoms with Gasteiger partial charge in [-0.25, -0.2) is 0 Å². The lowest BCUT2D eigenvalue weighted by atomic mass is 10.2. The summed E-state index contributed by atoms with van der Waals surface area (Å²) in [4.78, 5) is 14.0. The first-order valence-corrected chi connectivity index (χ1v) is 10.1. The minimum Gasteiger partial charge on any atom is -0.493 e. The Morgan fingerprint density at radius 2 is 1.90 bits per heavy atom. The number of nitrogens with zero attached hydrogens (tertiary/aromatic N) is 3. The summed E-state index contributed by atoms with van der Waals surface area (Å²) in [5.41, 5.74) is 3.13. The van der Waals surface area contributed by atoms with Gasteiger partial charge in [0.1, 0.15) is 0 Å². The van der Waals surface area contributed by atoms with Crippen LogP contribution in [0.15, 0.2) is 47.6 Å². The molecule has 1 aliphatic rings. The van der Waals surface area contributed by atoms with Crippen LogP contribution in [-0.2, 0) is 9.53 Å². The van der Waals surface area contributed by atoms with E-state index in [9.17, 15) is 4.79 Å². The van der Waals surface area contributed by atoms with Crippen molar-refractivity contribution < 1.29 is 19.0 Å². The number of hydrazone groups is 1. The smallest absolute Gasteiger partial charge is 0.260 e. The van der Waals surface area contributed by atoms with Gasteiger partial charge in [-0.05, 0) is 49.7 Å². The predicted octanol–water partition coefficient (Wildman–Crippen LogP) is 3.10. The third-order valence-corrected chi connectivity index (χ3v) is 4.88. The number of carbonyl (C=O) groups is 1. The number of benzene rings is 2. The summed E-state index contributed by atoms with van der Waals surface area (Å²) in [5.74, 6) is 1.04. The third kappa shape index (κ3) is 5.73. The first-order valence-electron chi connectivity index (χ1n) is 10.1. The normalized spacial score (nSPS) is 14.0. The molecule has 1 fully saturated rings. The van der Waals surface area contributed by atoms with Crippen LogP contribution in [0.2, 0.25) is 0 Å².